The average Bonchev–Trinajstić information content (AvgIpc) is 3.05. The van der Waals surface area contributed by atoms with Crippen molar-refractivity contribution in [2.45, 2.75) is 25.8 Å². The molecule has 0 aliphatic carbocycles. The molecule has 1 aliphatic rings. The van der Waals surface area contributed by atoms with Crippen LogP contribution in [0.1, 0.15) is 19.8 Å². The van der Waals surface area contributed by atoms with E-state index in [1.165, 1.54) is 19.4 Å². The smallest absolute Gasteiger partial charge is 0.226 e. The fraction of sp³-hybridized carbons (Fsp3) is 0.615. The molecule has 20 heavy (non-hydrogen) atoms. The number of hydrogen-bond acceptors (Lipinski definition) is 5. The van der Waals surface area contributed by atoms with Gasteiger partial charge in [0.2, 0.25) is 5.28 Å². The van der Waals surface area contributed by atoms with Gasteiger partial charge in [0.25, 0.3) is 0 Å². The highest BCUT2D eigenvalue weighted by Crippen LogP contribution is 2.24. The van der Waals surface area contributed by atoms with Gasteiger partial charge in [-0.25, -0.2) is 4.98 Å². The fourth-order valence-electron chi connectivity index (χ4n) is 2.99. The number of fused-ring (bicyclic) bond motifs is 1. The molecule has 1 saturated heterocycles. The number of H-pyrrole nitrogens is 1. The molecule has 108 valence electrons. The summed E-state index contributed by atoms with van der Waals surface area (Å²) >= 11 is 5.98. The van der Waals surface area contributed by atoms with E-state index in [2.05, 4.69) is 36.7 Å². The van der Waals surface area contributed by atoms with Gasteiger partial charge >= 0.3 is 0 Å². The van der Waals surface area contributed by atoms with Gasteiger partial charge in [-0.2, -0.15) is 9.97 Å². The Balaban J connectivity index is 1.85. The van der Waals surface area contributed by atoms with Gasteiger partial charge < -0.3 is 9.88 Å². The Labute approximate surface area is 123 Å². The van der Waals surface area contributed by atoms with Crippen LogP contribution >= 0.6 is 11.6 Å². The third kappa shape index (κ3) is 2.45. The molecule has 0 bridgehead atoms. The zero-order valence-corrected chi connectivity index (χ0v) is 12.6. The third-order valence-corrected chi connectivity index (χ3v) is 4.16. The number of imidazole rings is 1. The van der Waals surface area contributed by atoms with Gasteiger partial charge in [-0.15, -0.1) is 0 Å². The van der Waals surface area contributed by atoms with E-state index >= 15 is 0 Å². The number of nitrogens with zero attached hydrogens (tertiary/aromatic N) is 5. The molecular weight excluding hydrogens is 276 g/mol. The van der Waals surface area contributed by atoms with Crippen LogP contribution in [0.4, 0.5) is 5.82 Å². The highest BCUT2D eigenvalue weighted by Gasteiger charge is 2.25. The summed E-state index contributed by atoms with van der Waals surface area (Å²) < 4.78 is 0. The van der Waals surface area contributed by atoms with Crippen LogP contribution in [-0.4, -0.2) is 57.6 Å². The molecule has 0 aromatic carbocycles. The third-order valence-electron chi connectivity index (χ3n) is 3.99. The van der Waals surface area contributed by atoms with Crippen molar-refractivity contribution in [2.24, 2.45) is 0 Å². The standard InChI is InChI=1S/C13H19ClN6/c1-3-20-6-4-5-9(20)7-19(2)12-10-11(16-8-15-10)17-13(14)18-12/h8-9H,3-7H2,1-2H3,(H,15,16,17,18). The molecular formula is C13H19ClN6. The Kier molecular flexibility index (Phi) is 3.76. The highest BCUT2D eigenvalue weighted by atomic mass is 35.5. The van der Waals surface area contributed by atoms with Crippen molar-refractivity contribution >= 4 is 28.6 Å². The normalized spacial score (nSPS) is 19.9. The van der Waals surface area contributed by atoms with Crippen LogP contribution < -0.4 is 4.90 Å². The summed E-state index contributed by atoms with van der Waals surface area (Å²) in [4.78, 5) is 20.4. The minimum atomic E-state index is 0.241. The Bertz CT molecular complexity index is 598. The predicted octanol–water partition coefficient (Wildman–Crippen LogP) is 1.93. The first-order valence-corrected chi connectivity index (χ1v) is 7.38. The second-order valence-electron chi connectivity index (χ2n) is 5.22. The first kappa shape index (κ1) is 13.6. The molecule has 7 heteroatoms. The Hall–Kier alpha value is -1.40. The summed E-state index contributed by atoms with van der Waals surface area (Å²) in [5.74, 6) is 0.820. The van der Waals surface area contributed by atoms with Crippen molar-refractivity contribution in [1.29, 1.82) is 0 Å². The first-order chi connectivity index (χ1) is 9.69. The molecule has 3 heterocycles. The van der Waals surface area contributed by atoms with E-state index in [-0.39, 0.29) is 5.28 Å². The lowest BCUT2D eigenvalue weighted by molar-refractivity contribution is 0.270. The molecule has 1 fully saturated rings. The molecule has 2 aromatic heterocycles. The van der Waals surface area contributed by atoms with Crippen molar-refractivity contribution in [3.8, 4) is 0 Å². The van der Waals surface area contributed by atoms with Gasteiger partial charge in [0.1, 0.15) is 5.52 Å². The van der Waals surface area contributed by atoms with Gasteiger partial charge in [0.05, 0.1) is 6.33 Å². The predicted molar refractivity (Wildman–Crippen MR) is 80.2 cm³/mol. The second kappa shape index (κ2) is 5.54. The van der Waals surface area contributed by atoms with Crippen molar-refractivity contribution in [3.05, 3.63) is 11.6 Å². The largest absolute Gasteiger partial charge is 0.356 e. The van der Waals surface area contributed by atoms with Crippen LogP contribution in [-0.2, 0) is 0 Å². The summed E-state index contributed by atoms with van der Waals surface area (Å²) in [5, 5.41) is 0.241. The zero-order valence-electron chi connectivity index (χ0n) is 11.8. The summed E-state index contributed by atoms with van der Waals surface area (Å²) in [6, 6.07) is 0.580. The summed E-state index contributed by atoms with van der Waals surface area (Å²) in [5.41, 5.74) is 1.46. The maximum absolute atomic E-state index is 5.98. The van der Waals surface area contributed by atoms with E-state index in [1.54, 1.807) is 6.33 Å². The minimum Gasteiger partial charge on any atom is -0.356 e. The number of halogens is 1. The van der Waals surface area contributed by atoms with Crippen molar-refractivity contribution in [3.63, 3.8) is 0 Å². The summed E-state index contributed by atoms with van der Waals surface area (Å²) in [6.07, 6.45) is 4.14. The highest BCUT2D eigenvalue weighted by molar-refractivity contribution is 6.28. The maximum Gasteiger partial charge on any atom is 0.226 e. The number of aromatic amines is 1. The van der Waals surface area contributed by atoms with Crippen LogP contribution in [0.15, 0.2) is 6.33 Å². The molecule has 1 atom stereocenters. The van der Waals surface area contributed by atoms with Crippen LogP contribution in [0.2, 0.25) is 5.28 Å². The first-order valence-electron chi connectivity index (χ1n) is 7.01. The Morgan fingerprint density at radius 3 is 3.15 bits per heavy atom. The molecule has 1 unspecified atom stereocenters. The van der Waals surface area contributed by atoms with E-state index in [0.29, 0.717) is 11.7 Å². The molecule has 2 aromatic rings. The SMILES string of the molecule is CCN1CCCC1CN(C)c1nc(Cl)nc2nc[nH]c12. The van der Waals surface area contributed by atoms with Crippen molar-refractivity contribution < 1.29 is 0 Å². The van der Waals surface area contributed by atoms with Gasteiger partial charge in [0.15, 0.2) is 11.5 Å². The molecule has 0 amide bonds. The lowest BCUT2D eigenvalue weighted by Crippen LogP contribution is -2.39. The molecule has 1 aliphatic heterocycles. The summed E-state index contributed by atoms with van der Waals surface area (Å²) in [7, 11) is 2.05. The maximum atomic E-state index is 5.98. The van der Waals surface area contributed by atoms with E-state index in [9.17, 15) is 0 Å². The molecule has 0 radical (unpaired) electrons. The number of likely N-dealkylation sites (tertiary alicyclic amines) is 1. The molecule has 6 nitrogen and oxygen atoms in total. The van der Waals surface area contributed by atoms with Crippen molar-refractivity contribution in [1.82, 2.24) is 24.8 Å². The Morgan fingerprint density at radius 1 is 1.50 bits per heavy atom. The van der Waals surface area contributed by atoms with Crippen LogP contribution in [0.25, 0.3) is 11.2 Å². The summed E-state index contributed by atoms with van der Waals surface area (Å²) in [6.45, 7) is 5.45. The monoisotopic (exact) mass is 294 g/mol. The molecule has 3 rings (SSSR count). The van der Waals surface area contributed by atoms with Crippen LogP contribution in [0.3, 0.4) is 0 Å². The number of anilines is 1. The molecule has 0 spiro atoms. The number of aromatic nitrogens is 4. The molecule has 1 N–H and O–H groups in total. The van der Waals surface area contributed by atoms with Gasteiger partial charge in [-0.1, -0.05) is 6.92 Å². The number of hydrogen-bond donors (Lipinski definition) is 1. The number of rotatable bonds is 4. The lowest BCUT2D eigenvalue weighted by atomic mass is 10.2. The topological polar surface area (TPSA) is 60.9 Å². The minimum absolute atomic E-state index is 0.241. The molecule has 0 saturated carbocycles. The average molecular weight is 295 g/mol. The Morgan fingerprint density at radius 2 is 2.35 bits per heavy atom. The van der Waals surface area contributed by atoms with E-state index < -0.39 is 0 Å². The van der Waals surface area contributed by atoms with Gasteiger partial charge in [-0.05, 0) is 37.5 Å². The second-order valence-corrected chi connectivity index (χ2v) is 5.56. The quantitative estimate of drug-likeness (QED) is 0.873. The fourth-order valence-corrected chi connectivity index (χ4v) is 3.15. The zero-order chi connectivity index (χ0) is 14.1. The van der Waals surface area contributed by atoms with E-state index in [0.717, 1.165) is 24.4 Å². The van der Waals surface area contributed by atoms with Gasteiger partial charge in [0, 0.05) is 19.6 Å². The van der Waals surface area contributed by atoms with Gasteiger partial charge in [-0.3, -0.25) is 4.90 Å². The van der Waals surface area contributed by atoms with E-state index in [4.69, 9.17) is 11.6 Å². The van der Waals surface area contributed by atoms with Crippen LogP contribution in [0.5, 0.6) is 0 Å². The number of nitrogens with one attached hydrogen (secondary N) is 1. The van der Waals surface area contributed by atoms with E-state index in [1.807, 2.05) is 7.05 Å². The lowest BCUT2D eigenvalue weighted by Gasteiger charge is -2.28. The number of likely N-dealkylation sites (N-methyl/N-ethyl adjacent to an activating group) is 2. The van der Waals surface area contributed by atoms with Crippen LogP contribution in [0, 0.1) is 0 Å². The van der Waals surface area contributed by atoms with Crippen molar-refractivity contribution in [2.75, 3.05) is 31.6 Å².